The highest BCUT2D eigenvalue weighted by atomic mass is 32.2. The van der Waals surface area contributed by atoms with Gasteiger partial charge in [-0.05, 0) is 23.6 Å². The molecule has 0 saturated carbocycles. The van der Waals surface area contributed by atoms with Gasteiger partial charge in [-0.15, -0.1) is 0 Å². The molecule has 25 heavy (non-hydrogen) atoms. The standard InChI is InChI=1S/C16H13N3O5S/c20-16-12(8-11-4-1-2-7-15(11)18-16)10-17-25(23,24)14-6-3-5-13(9-14)19(21)22/h1-9,17H,10H2,(H,18,20). The van der Waals surface area contributed by atoms with Crippen molar-refractivity contribution in [3.05, 3.63) is 80.6 Å². The maximum Gasteiger partial charge on any atom is 0.270 e. The molecule has 0 fully saturated rings. The first-order valence-electron chi connectivity index (χ1n) is 7.22. The minimum Gasteiger partial charge on any atom is -0.322 e. The Morgan fingerprint density at radius 1 is 1.08 bits per heavy atom. The Bertz CT molecular complexity index is 1120. The van der Waals surface area contributed by atoms with E-state index >= 15 is 0 Å². The van der Waals surface area contributed by atoms with Gasteiger partial charge >= 0.3 is 0 Å². The van der Waals surface area contributed by atoms with E-state index in [0.717, 1.165) is 11.5 Å². The Hall–Kier alpha value is -3.04. The summed E-state index contributed by atoms with van der Waals surface area (Å²) in [5.74, 6) is 0. The van der Waals surface area contributed by atoms with Crippen molar-refractivity contribution < 1.29 is 13.3 Å². The fourth-order valence-corrected chi connectivity index (χ4v) is 3.39. The first-order valence-corrected chi connectivity index (χ1v) is 8.70. The third-order valence-corrected chi connectivity index (χ3v) is 5.02. The lowest BCUT2D eigenvalue weighted by atomic mass is 10.1. The second-order valence-electron chi connectivity index (χ2n) is 5.29. The predicted octanol–water partition coefficient (Wildman–Crippen LogP) is 1.91. The summed E-state index contributed by atoms with van der Waals surface area (Å²) in [6.45, 7) is -0.231. The fourth-order valence-electron chi connectivity index (χ4n) is 2.34. The van der Waals surface area contributed by atoms with Gasteiger partial charge in [0.25, 0.3) is 11.2 Å². The third-order valence-electron chi connectivity index (χ3n) is 3.62. The highest BCUT2D eigenvalue weighted by Gasteiger charge is 2.18. The van der Waals surface area contributed by atoms with Gasteiger partial charge < -0.3 is 4.98 Å². The molecule has 9 heteroatoms. The summed E-state index contributed by atoms with van der Waals surface area (Å²) in [5, 5.41) is 11.5. The summed E-state index contributed by atoms with van der Waals surface area (Å²) in [4.78, 5) is 24.6. The molecule has 3 rings (SSSR count). The van der Waals surface area contributed by atoms with Crippen molar-refractivity contribution in [1.82, 2.24) is 9.71 Å². The van der Waals surface area contributed by atoms with Crippen molar-refractivity contribution in [3.8, 4) is 0 Å². The lowest BCUT2D eigenvalue weighted by Crippen LogP contribution is -2.27. The van der Waals surface area contributed by atoms with Gasteiger partial charge in [0.2, 0.25) is 10.0 Å². The van der Waals surface area contributed by atoms with E-state index in [2.05, 4.69) is 9.71 Å². The van der Waals surface area contributed by atoms with Crippen LogP contribution in [0.5, 0.6) is 0 Å². The fraction of sp³-hybridized carbons (Fsp3) is 0.0625. The number of aromatic amines is 1. The number of pyridine rings is 1. The minimum absolute atomic E-state index is 0.231. The van der Waals surface area contributed by atoms with Gasteiger partial charge in [-0.1, -0.05) is 24.3 Å². The molecule has 0 saturated heterocycles. The Morgan fingerprint density at radius 3 is 2.60 bits per heavy atom. The monoisotopic (exact) mass is 359 g/mol. The topological polar surface area (TPSA) is 122 Å². The van der Waals surface area contributed by atoms with Crippen LogP contribution in [-0.2, 0) is 16.6 Å². The molecule has 1 aromatic heterocycles. The predicted molar refractivity (Wildman–Crippen MR) is 91.7 cm³/mol. The van der Waals surface area contributed by atoms with Crippen LogP contribution in [0, 0.1) is 10.1 Å². The number of hydrogen-bond donors (Lipinski definition) is 2. The smallest absolute Gasteiger partial charge is 0.270 e. The van der Waals surface area contributed by atoms with Crippen molar-refractivity contribution >= 4 is 26.6 Å². The number of sulfonamides is 1. The van der Waals surface area contributed by atoms with Crippen LogP contribution in [0.1, 0.15) is 5.56 Å². The summed E-state index contributed by atoms with van der Waals surface area (Å²) in [6, 6.07) is 13.4. The first kappa shape index (κ1) is 16.8. The highest BCUT2D eigenvalue weighted by molar-refractivity contribution is 7.89. The molecule has 0 radical (unpaired) electrons. The Labute approximate surface area is 142 Å². The van der Waals surface area contributed by atoms with E-state index in [1.807, 2.05) is 0 Å². The van der Waals surface area contributed by atoms with Gasteiger partial charge in [-0.2, -0.15) is 0 Å². The Kier molecular flexibility index (Phi) is 4.34. The summed E-state index contributed by atoms with van der Waals surface area (Å²) in [6.07, 6.45) is 0. The lowest BCUT2D eigenvalue weighted by molar-refractivity contribution is -0.385. The molecule has 2 N–H and O–H groups in total. The molecule has 128 valence electrons. The van der Waals surface area contributed by atoms with Gasteiger partial charge in [0, 0.05) is 29.8 Å². The number of non-ortho nitro benzene ring substituents is 1. The van der Waals surface area contributed by atoms with Crippen molar-refractivity contribution in [1.29, 1.82) is 0 Å². The van der Waals surface area contributed by atoms with Crippen LogP contribution in [0.2, 0.25) is 0 Å². The molecule has 1 heterocycles. The van der Waals surface area contributed by atoms with Crippen molar-refractivity contribution in [3.63, 3.8) is 0 Å². The number of nitrogens with one attached hydrogen (secondary N) is 2. The molecule has 0 aliphatic heterocycles. The molecule has 0 unspecified atom stereocenters. The SMILES string of the molecule is O=c1[nH]c2ccccc2cc1CNS(=O)(=O)c1cccc([N+](=O)[O-])c1. The Morgan fingerprint density at radius 2 is 1.84 bits per heavy atom. The number of rotatable bonds is 5. The van der Waals surface area contributed by atoms with Crippen LogP contribution in [0.3, 0.4) is 0 Å². The molecule has 0 aliphatic rings. The van der Waals surface area contributed by atoms with E-state index in [1.54, 1.807) is 30.3 Å². The maximum atomic E-state index is 12.3. The number of nitro groups is 1. The van der Waals surface area contributed by atoms with Gasteiger partial charge in [0.15, 0.2) is 0 Å². The van der Waals surface area contributed by atoms with E-state index in [0.29, 0.717) is 5.52 Å². The lowest BCUT2D eigenvalue weighted by Gasteiger charge is -2.07. The minimum atomic E-state index is -3.99. The second-order valence-corrected chi connectivity index (χ2v) is 7.06. The summed E-state index contributed by atoms with van der Waals surface area (Å²) >= 11 is 0. The highest BCUT2D eigenvalue weighted by Crippen LogP contribution is 2.17. The molecule has 0 spiro atoms. The number of aromatic nitrogens is 1. The molecule has 3 aromatic rings. The molecule has 0 amide bonds. The number of nitrogens with zero attached hydrogens (tertiary/aromatic N) is 1. The van der Waals surface area contributed by atoms with E-state index < -0.39 is 20.5 Å². The second kappa shape index (κ2) is 6.46. The number of hydrogen-bond acceptors (Lipinski definition) is 5. The maximum absolute atomic E-state index is 12.3. The van der Waals surface area contributed by atoms with Crippen LogP contribution in [0.4, 0.5) is 5.69 Å². The molecule has 0 bridgehead atoms. The van der Waals surface area contributed by atoms with E-state index in [9.17, 15) is 23.3 Å². The molecular formula is C16H13N3O5S. The number of H-pyrrole nitrogens is 1. The van der Waals surface area contributed by atoms with Crippen LogP contribution in [-0.4, -0.2) is 18.3 Å². The molecule has 2 aromatic carbocycles. The van der Waals surface area contributed by atoms with Crippen LogP contribution < -0.4 is 10.3 Å². The zero-order chi connectivity index (χ0) is 18.0. The molecule has 0 atom stereocenters. The number of para-hydroxylation sites is 1. The molecule has 8 nitrogen and oxygen atoms in total. The van der Waals surface area contributed by atoms with Crippen LogP contribution in [0.25, 0.3) is 10.9 Å². The van der Waals surface area contributed by atoms with Crippen LogP contribution >= 0.6 is 0 Å². The average molecular weight is 359 g/mol. The first-order chi connectivity index (χ1) is 11.9. The van der Waals surface area contributed by atoms with Gasteiger partial charge in [-0.3, -0.25) is 14.9 Å². The van der Waals surface area contributed by atoms with Crippen molar-refractivity contribution in [2.45, 2.75) is 11.4 Å². The van der Waals surface area contributed by atoms with Crippen molar-refractivity contribution in [2.24, 2.45) is 0 Å². The Balaban J connectivity index is 1.88. The quantitative estimate of drug-likeness (QED) is 0.532. The number of benzene rings is 2. The molecule has 0 aliphatic carbocycles. The zero-order valence-corrected chi connectivity index (χ0v) is 13.6. The van der Waals surface area contributed by atoms with Gasteiger partial charge in [-0.25, -0.2) is 13.1 Å². The third kappa shape index (κ3) is 3.57. The zero-order valence-electron chi connectivity index (χ0n) is 12.8. The number of fused-ring (bicyclic) bond motifs is 1. The van der Waals surface area contributed by atoms with Gasteiger partial charge in [0.05, 0.1) is 9.82 Å². The van der Waals surface area contributed by atoms with Crippen molar-refractivity contribution in [2.75, 3.05) is 0 Å². The average Bonchev–Trinajstić information content (AvgIpc) is 2.60. The summed E-state index contributed by atoms with van der Waals surface area (Å²) in [5.41, 5.74) is 0.164. The molecular weight excluding hydrogens is 346 g/mol. The number of nitro benzene ring substituents is 1. The van der Waals surface area contributed by atoms with E-state index in [4.69, 9.17) is 0 Å². The van der Waals surface area contributed by atoms with E-state index in [-0.39, 0.29) is 22.7 Å². The van der Waals surface area contributed by atoms with Gasteiger partial charge in [0.1, 0.15) is 0 Å². The summed E-state index contributed by atoms with van der Waals surface area (Å²) in [7, 11) is -3.99. The van der Waals surface area contributed by atoms with Crippen LogP contribution in [0.15, 0.2) is 64.3 Å². The van der Waals surface area contributed by atoms with E-state index in [1.165, 1.54) is 18.2 Å². The normalized spacial score (nSPS) is 11.5. The summed E-state index contributed by atoms with van der Waals surface area (Å²) < 4.78 is 26.9. The largest absolute Gasteiger partial charge is 0.322 e.